The molecule has 150 valence electrons. The monoisotopic (exact) mass is 394 g/mol. The SMILES string of the molecule is CCOC(C)c1noc(CN2C(=O)NC(C)(c3cccc4ccccc34)C2=O)n1. The molecule has 1 N–H and O–H groups in total. The van der Waals surface area contributed by atoms with E-state index in [-0.39, 0.29) is 24.4 Å². The number of carbonyl (C=O) groups excluding carboxylic acids is 2. The number of fused-ring (bicyclic) bond motifs is 1. The summed E-state index contributed by atoms with van der Waals surface area (Å²) in [6.07, 6.45) is -0.332. The number of benzene rings is 2. The Balaban J connectivity index is 1.62. The molecular weight excluding hydrogens is 372 g/mol. The van der Waals surface area contributed by atoms with Crippen molar-refractivity contribution < 1.29 is 18.8 Å². The molecule has 1 fully saturated rings. The lowest BCUT2D eigenvalue weighted by molar-refractivity contribution is -0.131. The number of carbonyl (C=O) groups is 2. The van der Waals surface area contributed by atoms with Gasteiger partial charge in [0, 0.05) is 6.61 Å². The van der Waals surface area contributed by atoms with Gasteiger partial charge in [-0.15, -0.1) is 0 Å². The van der Waals surface area contributed by atoms with Gasteiger partial charge in [0.05, 0.1) is 0 Å². The molecule has 0 saturated carbocycles. The van der Waals surface area contributed by atoms with E-state index >= 15 is 0 Å². The van der Waals surface area contributed by atoms with E-state index < -0.39 is 11.6 Å². The van der Waals surface area contributed by atoms with E-state index in [1.807, 2.05) is 56.3 Å². The quantitative estimate of drug-likeness (QED) is 0.645. The zero-order chi connectivity index (χ0) is 20.6. The number of aromatic nitrogens is 2. The van der Waals surface area contributed by atoms with Crippen molar-refractivity contribution in [1.82, 2.24) is 20.4 Å². The van der Waals surface area contributed by atoms with Gasteiger partial charge >= 0.3 is 6.03 Å². The zero-order valence-corrected chi connectivity index (χ0v) is 16.5. The summed E-state index contributed by atoms with van der Waals surface area (Å²) in [5, 5.41) is 8.63. The van der Waals surface area contributed by atoms with Crippen LogP contribution < -0.4 is 5.32 Å². The first-order valence-corrected chi connectivity index (χ1v) is 9.50. The molecule has 2 atom stereocenters. The second-order valence-electron chi connectivity index (χ2n) is 7.12. The maximum Gasteiger partial charge on any atom is 0.325 e. The van der Waals surface area contributed by atoms with E-state index in [9.17, 15) is 9.59 Å². The molecule has 0 bridgehead atoms. The number of amides is 3. The van der Waals surface area contributed by atoms with Gasteiger partial charge in [-0.25, -0.2) is 4.79 Å². The number of urea groups is 1. The molecule has 1 saturated heterocycles. The molecule has 1 aliphatic rings. The second kappa shape index (κ2) is 7.29. The van der Waals surface area contributed by atoms with E-state index in [2.05, 4.69) is 15.5 Å². The third-order valence-electron chi connectivity index (χ3n) is 5.16. The maximum atomic E-state index is 13.3. The summed E-state index contributed by atoms with van der Waals surface area (Å²) in [4.78, 5) is 31.3. The molecule has 2 aromatic carbocycles. The first-order valence-electron chi connectivity index (χ1n) is 9.50. The first kappa shape index (κ1) is 19.1. The second-order valence-corrected chi connectivity index (χ2v) is 7.12. The fourth-order valence-electron chi connectivity index (χ4n) is 3.64. The summed E-state index contributed by atoms with van der Waals surface area (Å²) in [5.41, 5.74) is -0.438. The lowest BCUT2D eigenvalue weighted by Crippen LogP contribution is -2.41. The van der Waals surface area contributed by atoms with E-state index in [0.29, 0.717) is 12.4 Å². The Labute approximate surface area is 167 Å². The Morgan fingerprint density at radius 2 is 1.97 bits per heavy atom. The lowest BCUT2D eigenvalue weighted by Gasteiger charge is -2.23. The smallest absolute Gasteiger partial charge is 0.325 e. The number of rotatable bonds is 6. The molecule has 0 radical (unpaired) electrons. The van der Waals surface area contributed by atoms with Crippen molar-refractivity contribution in [3.8, 4) is 0 Å². The molecule has 0 spiro atoms. The molecule has 3 amide bonds. The van der Waals surface area contributed by atoms with Crippen molar-refractivity contribution in [2.75, 3.05) is 6.61 Å². The van der Waals surface area contributed by atoms with Crippen LogP contribution in [0.5, 0.6) is 0 Å². The van der Waals surface area contributed by atoms with Gasteiger partial charge in [0.15, 0.2) is 5.82 Å². The highest BCUT2D eigenvalue weighted by Crippen LogP contribution is 2.34. The van der Waals surface area contributed by atoms with E-state index in [4.69, 9.17) is 9.26 Å². The van der Waals surface area contributed by atoms with Crippen LogP contribution in [0.2, 0.25) is 0 Å². The Morgan fingerprint density at radius 3 is 2.76 bits per heavy atom. The highest BCUT2D eigenvalue weighted by Gasteiger charge is 2.50. The maximum absolute atomic E-state index is 13.3. The van der Waals surface area contributed by atoms with Gasteiger partial charge in [0.25, 0.3) is 5.91 Å². The average Bonchev–Trinajstić information content (AvgIpc) is 3.27. The summed E-state index contributed by atoms with van der Waals surface area (Å²) in [6.45, 7) is 5.81. The van der Waals surface area contributed by atoms with Crippen LogP contribution in [0.4, 0.5) is 4.79 Å². The molecule has 29 heavy (non-hydrogen) atoms. The van der Waals surface area contributed by atoms with Crippen LogP contribution in [0.3, 0.4) is 0 Å². The van der Waals surface area contributed by atoms with Gasteiger partial charge in [-0.3, -0.25) is 9.69 Å². The largest absolute Gasteiger partial charge is 0.371 e. The molecule has 8 nitrogen and oxygen atoms in total. The van der Waals surface area contributed by atoms with Gasteiger partial charge in [-0.2, -0.15) is 4.98 Å². The molecule has 1 aliphatic heterocycles. The van der Waals surface area contributed by atoms with Gasteiger partial charge < -0.3 is 14.6 Å². The van der Waals surface area contributed by atoms with E-state index in [1.165, 1.54) is 0 Å². The van der Waals surface area contributed by atoms with Crippen LogP contribution in [0.15, 0.2) is 47.0 Å². The van der Waals surface area contributed by atoms with Crippen LogP contribution >= 0.6 is 0 Å². The Morgan fingerprint density at radius 1 is 1.21 bits per heavy atom. The van der Waals surface area contributed by atoms with E-state index in [1.54, 1.807) is 6.92 Å². The minimum atomic E-state index is -1.18. The van der Waals surface area contributed by atoms with Crippen molar-refractivity contribution >= 4 is 22.7 Å². The number of nitrogens with zero attached hydrogens (tertiary/aromatic N) is 3. The molecule has 8 heteroatoms. The molecule has 2 heterocycles. The van der Waals surface area contributed by atoms with Crippen molar-refractivity contribution in [1.29, 1.82) is 0 Å². The summed E-state index contributed by atoms with van der Waals surface area (Å²) >= 11 is 0. The average molecular weight is 394 g/mol. The lowest BCUT2D eigenvalue weighted by atomic mass is 9.88. The third kappa shape index (κ3) is 3.25. The van der Waals surface area contributed by atoms with Crippen molar-refractivity contribution in [2.24, 2.45) is 0 Å². The highest BCUT2D eigenvalue weighted by atomic mass is 16.5. The normalized spacial score (nSPS) is 20.3. The number of imide groups is 1. The minimum absolute atomic E-state index is 0.100. The molecule has 0 aliphatic carbocycles. The molecule has 1 aromatic heterocycles. The topological polar surface area (TPSA) is 97.6 Å². The van der Waals surface area contributed by atoms with Crippen LogP contribution in [-0.4, -0.2) is 33.6 Å². The van der Waals surface area contributed by atoms with Gasteiger partial charge in [-0.05, 0) is 37.1 Å². The number of ether oxygens (including phenoxy) is 1. The van der Waals surface area contributed by atoms with Crippen LogP contribution in [0.1, 0.15) is 44.2 Å². The fraction of sp³-hybridized carbons (Fsp3) is 0.333. The van der Waals surface area contributed by atoms with Crippen LogP contribution in [0, 0.1) is 0 Å². The highest BCUT2D eigenvalue weighted by molar-refractivity contribution is 6.09. The molecule has 4 rings (SSSR count). The summed E-state index contributed by atoms with van der Waals surface area (Å²) in [7, 11) is 0. The minimum Gasteiger partial charge on any atom is -0.371 e. The number of nitrogens with one attached hydrogen (secondary N) is 1. The zero-order valence-electron chi connectivity index (χ0n) is 16.5. The van der Waals surface area contributed by atoms with E-state index in [0.717, 1.165) is 21.2 Å². The van der Waals surface area contributed by atoms with Crippen molar-refractivity contribution in [3.05, 3.63) is 59.7 Å². The molecule has 3 aromatic rings. The van der Waals surface area contributed by atoms with Crippen molar-refractivity contribution in [3.63, 3.8) is 0 Å². The summed E-state index contributed by atoms with van der Waals surface area (Å²) < 4.78 is 10.7. The van der Waals surface area contributed by atoms with Gasteiger partial charge in [0.2, 0.25) is 5.89 Å². The first-order chi connectivity index (χ1) is 13.9. The Kier molecular flexibility index (Phi) is 4.79. The predicted octanol–water partition coefficient (Wildman–Crippen LogP) is 3.29. The fourth-order valence-corrected chi connectivity index (χ4v) is 3.64. The Bertz CT molecular complexity index is 1070. The number of hydrogen-bond donors (Lipinski definition) is 1. The van der Waals surface area contributed by atoms with Gasteiger partial charge in [0.1, 0.15) is 18.2 Å². The Hall–Kier alpha value is -3.26. The summed E-state index contributed by atoms with van der Waals surface area (Å²) in [5.74, 6) is 0.194. The predicted molar refractivity (Wildman–Crippen MR) is 105 cm³/mol. The molecule has 2 unspecified atom stereocenters. The molecular formula is C21H22N4O4. The third-order valence-corrected chi connectivity index (χ3v) is 5.16. The van der Waals surface area contributed by atoms with Gasteiger partial charge in [-0.1, -0.05) is 47.6 Å². The summed E-state index contributed by atoms with van der Waals surface area (Å²) in [6, 6.07) is 13.0. The van der Waals surface area contributed by atoms with Crippen LogP contribution in [-0.2, 0) is 21.6 Å². The standard InChI is InChI=1S/C21H22N4O4/c1-4-28-13(2)18-22-17(29-24-18)12-25-19(26)21(3,23-20(25)27)16-11-7-9-14-8-5-6-10-15(14)16/h5-11,13H,4,12H2,1-3H3,(H,23,27). The van der Waals surface area contributed by atoms with Crippen molar-refractivity contribution in [2.45, 2.75) is 39.0 Å². The van der Waals surface area contributed by atoms with Crippen LogP contribution in [0.25, 0.3) is 10.8 Å². The number of hydrogen-bond acceptors (Lipinski definition) is 6.